The van der Waals surface area contributed by atoms with Crippen molar-refractivity contribution in [3.8, 4) is 0 Å². The van der Waals surface area contributed by atoms with Gasteiger partial charge in [-0.3, -0.25) is 0 Å². The minimum Gasteiger partial charge on any atom is -0.392 e. The van der Waals surface area contributed by atoms with Crippen molar-refractivity contribution >= 4 is 12.2 Å². The van der Waals surface area contributed by atoms with E-state index >= 15 is 0 Å². The van der Waals surface area contributed by atoms with E-state index in [-0.39, 0.29) is 6.10 Å². The van der Waals surface area contributed by atoms with Gasteiger partial charge in [0.05, 0.1) is 6.10 Å². The minimum absolute atomic E-state index is 0.309. The maximum absolute atomic E-state index is 9.03. The van der Waals surface area contributed by atoms with Crippen molar-refractivity contribution in [3.05, 3.63) is 29.0 Å². The van der Waals surface area contributed by atoms with Gasteiger partial charge in [-0.2, -0.15) is 0 Å². The number of nitrogens with zero attached hydrogens (tertiary/aromatic N) is 1. The van der Waals surface area contributed by atoms with Crippen molar-refractivity contribution < 1.29 is 5.11 Å². The molecular formula is C8H11NOS. The third-order valence-electron chi connectivity index (χ3n) is 1.34. The number of aliphatic hydroxyl groups excluding tert-OH is 1. The van der Waals surface area contributed by atoms with Crippen molar-refractivity contribution in [2.24, 2.45) is 0 Å². The molecule has 0 radical (unpaired) electrons. The first-order chi connectivity index (χ1) is 5.18. The van der Waals surface area contributed by atoms with Crippen LogP contribution in [0.2, 0.25) is 0 Å². The lowest BCUT2D eigenvalue weighted by Crippen LogP contribution is -2.10. The van der Waals surface area contributed by atoms with Crippen molar-refractivity contribution in [1.29, 1.82) is 0 Å². The molecular weight excluding hydrogens is 158 g/mol. The average Bonchev–Trinajstić information content (AvgIpc) is 1.93. The highest BCUT2D eigenvalue weighted by molar-refractivity contribution is 7.71. The lowest BCUT2D eigenvalue weighted by Gasteiger charge is -2.07. The normalized spacial score (nSPS) is 12.9. The van der Waals surface area contributed by atoms with Crippen LogP contribution in [0, 0.1) is 4.51 Å². The predicted molar refractivity (Wildman–Crippen MR) is 46.9 cm³/mol. The fraction of sp³-hybridized carbons (Fsp3) is 0.375. The first-order valence-corrected chi connectivity index (χ1v) is 3.93. The molecule has 0 bridgehead atoms. The topological polar surface area (TPSA) is 25.2 Å². The molecule has 1 unspecified atom stereocenters. The first kappa shape index (κ1) is 8.43. The summed E-state index contributed by atoms with van der Waals surface area (Å²) in [5.41, 5.74) is 0. The molecule has 2 nitrogen and oxygen atoms in total. The molecule has 0 aliphatic carbocycles. The number of hydrogen-bond donors (Lipinski definition) is 1. The van der Waals surface area contributed by atoms with Gasteiger partial charge in [-0.15, -0.1) is 0 Å². The van der Waals surface area contributed by atoms with Crippen LogP contribution in [0.25, 0.3) is 0 Å². The summed E-state index contributed by atoms with van der Waals surface area (Å²) >= 11 is 4.91. The molecule has 1 atom stereocenters. The fourth-order valence-electron chi connectivity index (χ4n) is 0.870. The van der Waals surface area contributed by atoms with Gasteiger partial charge in [0.1, 0.15) is 0 Å². The summed E-state index contributed by atoms with van der Waals surface area (Å²) in [6, 6.07) is 3.69. The predicted octanol–water partition coefficient (Wildman–Crippen LogP) is 1.60. The maximum atomic E-state index is 9.03. The van der Waals surface area contributed by atoms with E-state index in [9.17, 15) is 0 Å². The van der Waals surface area contributed by atoms with E-state index < -0.39 is 0 Å². The summed E-state index contributed by atoms with van der Waals surface area (Å²) in [4.78, 5) is 0. The van der Waals surface area contributed by atoms with Gasteiger partial charge in [0.15, 0.2) is 0 Å². The molecule has 0 aliphatic rings. The summed E-state index contributed by atoms with van der Waals surface area (Å²) in [6.45, 7) is 2.38. The molecule has 1 aromatic heterocycles. The van der Waals surface area contributed by atoms with Crippen molar-refractivity contribution in [2.45, 2.75) is 19.6 Å². The second-order valence-corrected chi connectivity index (χ2v) is 3.05. The number of aromatic nitrogens is 1. The van der Waals surface area contributed by atoms with Crippen LogP contribution in [0.15, 0.2) is 24.5 Å². The molecule has 1 N–H and O–H groups in total. The van der Waals surface area contributed by atoms with Crippen LogP contribution in [0.4, 0.5) is 0 Å². The van der Waals surface area contributed by atoms with Crippen LogP contribution in [-0.2, 0) is 6.54 Å². The molecule has 1 heterocycles. The second kappa shape index (κ2) is 3.64. The van der Waals surface area contributed by atoms with Gasteiger partial charge < -0.3 is 9.67 Å². The minimum atomic E-state index is -0.309. The van der Waals surface area contributed by atoms with Crippen LogP contribution in [0.5, 0.6) is 0 Å². The Morgan fingerprint density at radius 1 is 1.55 bits per heavy atom. The van der Waals surface area contributed by atoms with Crippen LogP contribution < -0.4 is 0 Å². The molecule has 3 heteroatoms. The highest BCUT2D eigenvalue weighted by Gasteiger charge is 1.93. The quantitative estimate of drug-likeness (QED) is 0.680. The third kappa shape index (κ3) is 2.82. The molecule has 60 valence electrons. The van der Waals surface area contributed by atoms with E-state index in [1.807, 2.05) is 29.1 Å². The van der Waals surface area contributed by atoms with Gasteiger partial charge in [0.2, 0.25) is 0 Å². The Morgan fingerprint density at radius 2 is 2.09 bits per heavy atom. The van der Waals surface area contributed by atoms with E-state index in [1.54, 1.807) is 6.92 Å². The molecule has 11 heavy (non-hydrogen) atoms. The van der Waals surface area contributed by atoms with Gasteiger partial charge in [-0.05, 0) is 19.1 Å². The van der Waals surface area contributed by atoms with E-state index in [4.69, 9.17) is 17.3 Å². The maximum Gasteiger partial charge on any atom is 0.0690 e. The molecule has 0 aromatic carbocycles. The Hall–Kier alpha value is -0.670. The molecule has 1 aromatic rings. The Labute approximate surface area is 71.1 Å². The number of hydrogen-bond acceptors (Lipinski definition) is 2. The zero-order valence-electron chi connectivity index (χ0n) is 6.40. The Bertz CT molecular complexity index is 259. The summed E-state index contributed by atoms with van der Waals surface area (Å²) in [5, 5.41) is 9.03. The van der Waals surface area contributed by atoms with Crippen LogP contribution >= 0.6 is 12.2 Å². The SMILES string of the molecule is CC(O)Cn1ccc(=S)cc1. The number of aliphatic hydroxyl groups is 1. The van der Waals surface area contributed by atoms with Gasteiger partial charge in [0, 0.05) is 23.4 Å². The molecule has 0 saturated heterocycles. The van der Waals surface area contributed by atoms with E-state index in [2.05, 4.69) is 0 Å². The number of rotatable bonds is 2. The van der Waals surface area contributed by atoms with Crippen LogP contribution in [0.3, 0.4) is 0 Å². The van der Waals surface area contributed by atoms with E-state index in [0.717, 1.165) is 4.51 Å². The summed E-state index contributed by atoms with van der Waals surface area (Å²) in [7, 11) is 0. The van der Waals surface area contributed by atoms with Crippen LogP contribution in [0.1, 0.15) is 6.92 Å². The zero-order chi connectivity index (χ0) is 8.27. The first-order valence-electron chi connectivity index (χ1n) is 3.52. The monoisotopic (exact) mass is 169 g/mol. The highest BCUT2D eigenvalue weighted by Crippen LogP contribution is 1.94. The molecule has 0 saturated carbocycles. The van der Waals surface area contributed by atoms with Crippen molar-refractivity contribution in [1.82, 2.24) is 4.57 Å². The largest absolute Gasteiger partial charge is 0.392 e. The van der Waals surface area contributed by atoms with E-state index in [1.165, 1.54) is 0 Å². The van der Waals surface area contributed by atoms with Crippen LogP contribution in [-0.4, -0.2) is 15.8 Å². The smallest absolute Gasteiger partial charge is 0.0690 e. The molecule has 0 spiro atoms. The fourth-order valence-corrected chi connectivity index (χ4v) is 0.992. The summed E-state index contributed by atoms with van der Waals surface area (Å²) in [6.07, 6.45) is 3.43. The Morgan fingerprint density at radius 3 is 2.55 bits per heavy atom. The second-order valence-electron chi connectivity index (χ2n) is 2.58. The van der Waals surface area contributed by atoms with Gasteiger partial charge in [0.25, 0.3) is 0 Å². The molecule has 0 aliphatic heterocycles. The summed E-state index contributed by atoms with van der Waals surface area (Å²) < 4.78 is 2.73. The lowest BCUT2D eigenvalue weighted by molar-refractivity contribution is 0.173. The Kier molecular flexibility index (Phi) is 2.79. The van der Waals surface area contributed by atoms with Gasteiger partial charge >= 0.3 is 0 Å². The molecule has 1 rings (SSSR count). The Balaban J connectivity index is 2.74. The standard InChI is InChI=1S/C8H11NOS/c1-7(10)6-9-4-2-8(11)3-5-9/h2-5,7,10H,6H2,1H3. The number of pyridine rings is 1. The average molecular weight is 169 g/mol. The molecule has 0 amide bonds. The van der Waals surface area contributed by atoms with Gasteiger partial charge in [-0.1, -0.05) is 12.2 Å². The summed E-state index contributed by atoms with van der Waals surface area (Å²) in [5.74, 6) is 0. The highest BCUT2D eigenvalue weighted by atomic mass is 32.1. The van der Waals surface area contributed by atoms with Crippen molar-refractivity contribution in [2.75, 3.05) is 0 Å². The van der Waals surface area contributed by atoms with Crippen molar-refractivity contribution in [3.63, 3.8) is 0 Å². The lowest BCUT2D eigenvalue weighted by atomic mass is 10.4. The molecule has 0 fully saturated rings. The van der Waals surface area contributed by atoms with E-state index in [0.29, 0.717) is 6.54 Å². The van der Waals surface area contributed by atoms with Gasteiger partial charge in [-0.25, -0.2) is 0 Å². The third-order valence-corrected chi connectivity index (χ3v) is 1.61. The zero-order valence-corrected chi connectivity index (χ0v) is 7.21.